The monoisotopic (exact) mass is 395 g/mol. The zero-order chi connectivity index (χ0) is 20.4. The van der Waals surface area contributed by atoms with E-state index in [2.05, 4.69) is 40.4 Å². The highest BCUT2D eigenvalue weighted by molar-refractivity contribution is 5.96. The van der Waals surface area contributed by atoms with Gasteiger partial charge in [0, 0.05) is 56.6 Å². The Bertz CT molecular complexity index is 1050. The molecule has 4 rings (SSSR count). The quantitative estimate of drug-likeness (QED) is 0.638. The van der Waals surface area contributed by atoms with Gasteiger partial charge in [0.2, 0.25) is 0 Å². The third-order valence-electron chi connectivity index (χ3n) is 5.27. The maximum absolute atomic E-state index is 12.5. The molecule has 0 atom stereocenters. The van der Waals surface area contributed by atoms with Gasteiger partial charge in [-0.05, 0) is 31.0 Å². The first-order valence-corrected chi connectivity index (χ1v) is 9.77. The number of ether oxygens (including phenoxy) is 1. The molecule has 0 bridgehead atoms. The standard InChI is InChI=1S/C21H25N5O3/c1-14-3-4-17-16(11-14)15(12-23-17)5-6-22-20(27)18-13-26-8-7-25(9-10-29-2)21(28)19(26)24-18/h3-4,11-13,23H,5-10H2,1-2H3,(H,22,27). The number of hydrogen-bond donors (Lipinski definition) is 2. The molecular weight excluding hydrogens is 370 g/mol. The van der Waals surface area contributed by atoms with Crippen LogP contribution in [-0.2, 0) is 17.7 Å². The lowest BCUT2D eigenvalue weighted by molar-refractivity contribution is 0.0633. The van der Waals surface area contributed by atoms with Gasteiger partial charge in [-0.15, -0.1) is 0 Å². The van der Waals surface area contributed by atoms with Gasteiger partial charge < -0.3 is 24.5 Å². The summed E-state index contributed by atoms with van der Waals surface area (Å²) in [6.45, 7) is 4.78. The van der Waals surface area contributed by atoms with Crippen LogP contribution in [0.25, 0.3) is 10.9 Å². The van der Waals surface area contributed by atoms with Crippen molar-refractivity contribution in [2.24, 2.45) is 0 Å². The number of nitrogens with zero attached hydrogens (tertiary/aromatic N) is 3. The number of benzene rings is 1. The lowest BCUT2D eigenvalue weighted by atomic mass is 10.1. The van der Waals surface area contributed by atoms with Gasteiger partial charge in [-0.25, -0.2) is 4.98 Å². The van der Waals surface area contributed by atoms with Crippen molar-refractivity contribution in [1.29, 1.82) is 0 Å². The molecule has 0 radical (unpaired) electrons. The number of fused-ring (bicyclic) bond motifs is 2. The molecule has 0 saturated carbocycles. The van der Waals surface area contributed by atoms with Gasteiger partial charge in [0.05, 0.1) is 6.61 Å². The Morgan fingerprint density at radius 1 is 1.34 bits per heavy atom. The first kappa shape index (κ1) is 19.2. The van der Waals surface area contributed by atoms with E-state index in [1.54, 1.807) is 22.8 Å². The maximum atomic E-state index is 12.5. The van der Waals surface area contributed by atoms with Crippen LogP contribution in [-0.4, -0.2) is 64.6 Å². The van der Waals surface area contributed by atoms with Gasteiger partial charge in [0.25, 0.3) is 11.8 Å². The number of aryl methyl sites for hydroxylation is 1. The lowest BCUT2D eigenvalue weighted by Crippen LogP contribution is -2.42. The van der Waals surface area contributed by atoms with E-state index in [4.69, 9.17) is 4.74 Å². The van der Waals surface area contributed by atoms with Crippen molar-refractivity contribution in [3.8, 4) is 0 Å². The second-order valence-electron chi connectivity index (χ2n) is 7.30. The first-order valence-electron chi connectivity index (χ1n) is 9.77. The van der Waals surface area contributed by atoms with Crippen molar-refractivity contribution < 1.29 is 14.3 Å². The van der Waals surface area contributed by atoms with E-state index in [1.165, 1.54) is 10.9 Å². The third kappa shape index (κ3) is 3.88. The van der Waals surface area contributed by atoms with Crippen LogP contribution in [0.1, 0.15) is 32.2 Å². The summed E-state index contributed by atoms with van der Waals surface area (Å²) in [5, 5.41) is 4.09. The van der Waals surface area contributed by atoms with E-state index < -0.39 is 0 Å². The van der Waals surface area contributed by atoms with Gasteiger partial charge >= 0.3 is 0 Å². The van der Waals surface area contributed by atoms with Crippen LogP contribution in [0.3, 0.4) is 0 Å². The van der Waals surface area contributed by atoms with Crippen molar-refractivity contribution in [2.45, 2.75) is 19.9 Å². The maximum Gasteiger partial charge on any atom is 0.290 e. The molecule has 0 spiro atoms. The number of hydrogen-bond acceptors (Lipinski definition) is 4. The number of carbonyl (C=O) groups excluding carboxylic acids is 2. The van der Waals surface area contributed by atoms with Crippen LogP contribution in [0.4, 0.5) is 0 Å². The summed E-state index contributed by atoms with van der Waals surface area (Å²) in [7, 11) is 1.61. The van der Waals surface area contributed by atoms with E-state index in [0.29, 0.717) is 45.0 Å². The summed E-state index contributed by atoms with van der Waals surface area (Å²) in [6, 6.07) is 6.28. The summed E-state index contributed by atoms with van der Waals surface area (Å²) in [6.07, 6.45) is 4.36. The van der Waals surface area contributed by atoms with Crippen molar-refractivity contribution in [3.05, 3.63) is 53.2 Å². The van der Waals surface area contributed by atoms with E-state index in [1.807, 2.05) is 6.20 Å². The minimum absolute atomic E-state index is 0.165. The fourth-order valence-electron chi connectivity index (χ4n) is 3.65. The molecule has 0 fully saturated rings. The Hall–Kier alpha value is -3.13. The number of nitrogens with one attached hydrogen (secondary N) is 2. The summed E-state index contributed by atoms with van der Waals surface area (Å²) in [5.74, 6) is -0.120. The molecule has 0 saturated heterocycles. The molecule has 152 valence electrons. The zero-order valence-electron chi connectivity index (χ0n) is 16.7. The molecule has 2 amide bonds. The van der Waals surface area contributed by atoms with Gasteiger partial charge in [0.15, 0.2) is 5.82 Å². The number of amides is 2. The molecule has 3 heterocycles. The summed E-state index contributed by atoms with van der Waals surface area (Å²) in [4.78, 5) is 34.3. The molecule has 3 aromatic rings. The summed E-state index contributed by atoms with van der Waals surface area (Å²) < 4.78 is 6.80. The van der Waals surface area contributed by atoms with Crippen molar-refractivity contribution in [1.82, 2.24) is 24.8 Å². The normalized spacial score (nSPS) is 13.7. The Balaban J connectivity index is 1.38. The second-order valence-corrected chi connectivity index (χ2v) is 7.30. The number of imidazole rings is 1. The largest absolute Gasteiger partial charge is 0.383 e. The number of aromatic amines is 1. The average molecular weight is 395 g/mol. The molecule has 2 N–H and O–H groups in total. The van der Waals surface area contributed by atoms with E-state index in [9.17, 15) is 9.59 Å². The van der Waals surface area contributed by atoms with E-state index >= 15 is 0 Å². The third-order valence-corrected chi connectivity index (χ3v) is 5.27. The molecule has 8 heteroatoms. The molecule has 2 aromatic heterocycles. The van der Waals surface area contributed by atoms with Crippen molar-refractivity contribution >= 4 is 22.7 Å². The number of aromatic nitrogens is 3. The molecular formula is C21H25N5O3. The van der Waals surface area contributed by atoms with Gasteiger partial charge in [-0.3, -0.25) is 9.59 Å². The van der Waals surface area contributed by atoms with Crippen LogP contribution < -0.4 is 5.32 Å². The summed E-state index contributed by atoms with van der Waals surface area (Å²) >= 11 is 0. The van der Waals surface area contributed by atoms with Crippen molar-refractivity contribution in [2.75, 3.05) is 33.4 Å². The Kier molecular flexibility index (Phi) is 5.35. The van der Waals surface area contributed by atoms with E-state index in [0.717, 1.165) is 11.1 Å². The number of rotatable bonds is 7. The van der Waals surface area contributed by atoms with Crippen LogP contribution >= 0.6 is 0 Å². The van der Waals surface area contributed by atoms with E-state index in [-0.39, 0.29) is 17.5 Å². The highest BCUT2D eigenvalue weighted by Crippen LogP contribution is 2.20. The van der Waals surface area contributed by atoms with Gasteiger partial charge in [-0.1, -0.05) is 11.6 Å². The van der Waals surface area contributed by atoms with Crippen LogP contribution in [0, 0.1) is 6.92 Å². The molecule has 0 aliphatic carbocycles. The Morgan fingerprint density at radius 2 is 2.21 bits per heavy atom. The predicted octanol–water partition coefficient (Wildman–Crippen LogP) is 1.75. The molecule has 1 aliphatic heterocycles. The Morgan fingerprint density at radius 3 is 3.03 bits per heavy atom. The fraction of sp³-hybridized carbons (Fsp3) is 0.381. The number of methoxy groups -OCH3 is 1. The summed E-state index contributed by atoms with van der Waals surface area (Å²) in [5.41, 5.74) is 3.74. The number of H-pyrrole nitrogens is 1. The highest BCUT2D eigenvalue weighted by atomic mass is 16.5. The van der Waals surface area contributed by atoms with Gasteiger partial charge in [0.1, 0.15) is 5.69 Å². The van der Waals surface area contributed by atoms with Crippen molar-refractivity contribution in [3.63, 3.8) is 0 Å². The lowest BCUT2D eigenvalue weighted by Gasteiger charge is -2.26. The SMILES string of the molecule is COCCN1CCn2cc(C(=O)NCCc3c[nH]c4ccc(C)cc34)nc2C1=O. The molecule has 0 unspecified atom stereocenters. The first-order chi connectivity index (χ1) is 14.1. The zero-order valence-corrected chi connectivity index (χ0v) is 16.7. The minimum Gasteiger partial charge on any atom is -0.383 e. The molecule has 1 aromatic carbocycles. The van der Waals surface area contributed by atoms with Gasteiger partial charge in [-0.2, -0.15) is 0 Å². The predicted molar refractivity (Wildman–Crippen MR) is 109 cm³/mol. The molecule has 1 aliphatic rings. The minimum atomic E-state index is -0.265. The smallest absolute Gasteiger partial charge is 0.290 e. The molecule has 8 nitrogen and oxygen atoms in total. The fourth-order valence-corrected chi connectivity index (χ4v) is 3.65. The Labute approximate surface area is 168 Å². The van der Waals surface area contributed by atoms with Crippen LogP contribution in [0.15, 0.2) is 30.6 Å². The molecule has 29 heavy (non-hydrogen) atoms. The van der Waals surface area contributed by atoms with Crippen LogP contribution in [0.5, 0.6) is 0 Å². The number of carbonyl (C=O) groups is 2. The average Bonchev–Trinajstić information content (AvgIpc) is 3.32. The second kappa shape index (κ2) is 8.08. The topological polar surface area (TPSA) is 92.2 Å². The van der Waals surface area contributed by atoms with Crippen LogP contribution in [0.2, 0.25) is 0 Å². The highest BCUT2D eigenvalue weighted by Gasteiger charge is 2.27.